The number of thioether (sulfide) groups is 1. The number of carbonyl (C=O) groups excluding carboxylic acids is 2. The lowest BCUT2D eigenvalue weighted by molar-refractivity contribution is -0.138. The molecule has 8 nitrogen and oxygen atoms in total. The zero-order chi connectivity index (χ0) is 29.5. The molecule has 10 heteroatoms. The number of hydrogen-bond acceptors (Lipinski definition) is 8. The van der Waals surface area contributed by atoms with Crippen molar-refractivity contribution in [2.75, 3.05) is 13.7 Å². The van der Waals surface area contributed by atoms with Gasteiger partial charge in [-0.1, -0.05) is 63.6 Å². The first-order chi connectivity index (χ1) is 19.7. The van der Waals surface area contributed by atoms with E-state index in [2.05, 4.69) is 27.0 Å². The van der Waals surface area contributed by atoms with Crippen molar-refractivity contribution in [1.29, 1.82) is 5.26 Å². The van der Waals surface area contributed by atoms with Gasteiger partial charge >= 0.3 is 5.97 Å². The Morgan fingerprint density at radius 1 is 1.12 bits per heavy atom. The molecule has 0 bridgehead atoms. The first-order valence-electron chi connectivity index (χ1n) is 12.4. The Kier molecular flexibility index (Phi) is 9.65. The normalized spacial score (nSPS) is 14.7. The summed E-state index contributed by atoms with van der Waals surface area (Å²) in [7, 11) is 1.50. The lowest BCUT2D eigenvalue weighted by atomic mass is 10.1. The van der Waals surface area contributed by atoms with Crippen LogP contribution < -0.4 is 9.47 Å². The van der Waals surface area contributed by atoms with Crippen molar-refractivity contribution < 1.29 is 28.9 Å². The number of rotatable bonds is 8. The molecule has 41 heavy (non-hydrogen) atoms. The minimum absolute atomic E-state index is 0.0389. The van der Waals surface area contributed by atoms with Crippen LogP contribution in [0.4, 0.5) is 0 Å². The number of hydrogen-bond donors (Lipinski definition) is 1. The third kappa shape index (κ3) is 6.88. The second-order valence-corrected chi connectivity index (χ2v) is 10.6. The number of nitrogens with zero attached hydrogens (tertiary/aromatic N) is 2. The van der Waals surface area contributed by atoms with Crippen LogP contribution in [0, 0.1) is 18.3 Å². The Morgan fingerprint density at radius 2 is 1.85 bits per heavy atom. The topological polar surface area (TPSA) is 118 Å². The maximum Gasteiger partial charge on any atom is 0.344 e. The number of esters is 1. The Balaban J connectivity index is 1.67. The Hall–Kier alpha value is -4.33. The first-order valence-corrected chi connectivity index (χ1v) is 14.0. The van der Waals surface area contributed by atoms with Crippen LogP contribution in [0.1, 0.15) is 39.5 Å². The largest absolute Gasteiger partial charge is 0.506 e. The summed E-state index contributed by atoms with van der Waals surface area (Å²) in [4.78, 5) is 30.0. The number of aryl methyl sites for hydroxylation is 1. The van der Waals surface area contributed by atoms with Gasteiger partial charge in [0.2, 0.25) is 0 Å². The van der Waals surface area contributed by atoms with Crippen LogP contribution in [0.3, 0.4) is 0 Å². The van der Waals surface area contributed by atoms with Crippen LogP contribution in [0.2, 0.25) is 0 Å². The van der Waals surface area contributed by atoms with Gasteiger partial charge in [-0.15, -0.1) is 0 Å². The summed E-state index contributed by atoms with van der Waals surface area (Å²) < 4.78 is 17.2. The lowest BCUT2D eigenvalue weighted by Crippen LogP contribution is -2.14. The van der Waals surface area contributed by atoms with Crippen LogP contribution in [0.15, 0.2) is 86.4 Å². The highest BCUT2D eigenvalue weighted by Gasteiger charge is 2.34. The molecule has 3 aromatic rings. The van der Waals surface area contributed by atoms with Gasteiger partial charge in [0.1, 0.15) is 23.0 Å². The molecule has 0 saturated heterocycles. The molecular weight excluding hydrogens is 608 g/mol. The highest BCUT2D eigenvalue weighted by molar-refractivity contribution is 9.10. The van der Waals surface area contributed by atoms with E-state index in [1.807, 2.05) is 19.1 Å². The lowest BCUT2D eigenvalue weighted by Gasteiger charge is -2.14. The average molecular weight is 634 g/mol. The average Bonchev–Trinajstić information content (AvgIpc) is 3.27. The number of aliphatic imine (C=N–C) groups is 1. The van der Waals surface area contributed by atoms with Crippen molar-refractivity contribution in [2.45, 2.75) is 20.5 Å². The second kappa shape index (κ2) is 13.4. The molecule has 3 aromatic carbocycles. The van der Waals surface area contributed by atoms with Gasteiger partial charge in [0.15, 0.2) is 11.5 Å². The van der Waals surface area contributed by atoms with Gasteiger partial charge in [0, 0.05) is 15.6 Å². The minimum Gasteiger partial charge on any atom is -0.506 e. The number of halogens is 1. The number of nitriles is 1. The van der Waals surface area contributed by atoms with Crippen molar-refractivity contribution in [3.63, 3.8) is 0 Å². The molecule has 0 fully saturated rings. The van der Waals surface area contributed by atoms with E-state index in [-0.39, 0.29) is 29.6 Å². The number of carbonyl (C=O) groups is 2. The molecule has 208 valence electrons. The minimum atomic E-state index is -0.783. The van der Waals surface area contributed by atoms with Crippen LogP contribution in [0.25, 0.3) is 6.08 Å². The van der Waals surface area contributed by atoms with Gasteiger partial charge in [-0.3, -0.25) is 4.79 Å². The fourth-order valence-electron chi connectivity index (χ4n) is 3.83. The van der Waals surface area contributed by atoms with Crippen LogP contribution in [-0.4, -0.2) is 35.7 Å². The molecule has 1 heterocycles. The smallest absolute Gasteiger partial charge is 0.344 e. The van der Waals surface area contributed by atoms with Gasteiger partial charge < -0.3 is 19.3 Å². The van der Waals surface area contributed by atoms with Crippen LogP contribution in [0.5, 0.6) is 11.5 Å². The van der Waals surface area contributed by atoms with Crippen molar-refractivity contribution >= 4 is 50.7 Å². The standard InChI is InChI=1S/C31H25BrN2O6S/c1-4-39-31(37)27-28(35)26(41-30(27)34-29(36)19-11-9-18(2)10-12-19)14-22-13-24(38-3)25(15-23(22)32)40-17-21-8-6-5-7-20(21)16-33/h5-15,35H,4,17H2,1-3H3/b26-14-,34-30?. The summed E-state index contributed by atoms with van der Waals surface area (Å²) in [6, 6.07) is 19.6. The molecule has 1 N–H and O–H groups in total. The van der Waals surface area contributed by atoms with Crippen molar-refractivity contribution in [2.24, 2.45) is 4.99 Å². The number of benzene rings is 3. The zero-order valence-corrected chi connectivity index (χ0v) is 24.8. The predicted octanol–water partition coefficient (Wildman–Crippen LogP) is 6.92. The highest BCUT2D eigenvalue weighted by Crippen LogP contribution is 2.42. The maximum atomic E-state index is 12.9. The van der Waals surface area contributed by atoms with Crippen LogP contribution >= 0.6 is 27.7 Å². The van der Waals surface area contributed by atoms with E-state index in [9.17, 15) is 20.0 Å². The molecular formula is C31H25BrN2O6S. The third-order valence-electron chi connectivity index (χ3n) is 5.96. The summed E-state index contributed by atoms with van der Waals surface area (Å²) in [5, 5.41) is 20.4. The molecule has 0 aliphatic carbocycles. The Bertz CT molecular complexity index is 1640. The van der Waals surface area contributed by atoms with Gasteiger partial charge in [-0.25, -0.2) is 9.79 Å². The van der Waals surface area contributed by atoms with E-state index in [1.54, 1.807) is 61.5 Å². The van der Waals surface area contributed by atoms with E-state index in [4.69, 9.17) is 14.2 Å². The molecule has 0 aromatic heterocycles. The monoisotopic (exact) mass is 632 g/mol. The summed E-state index contributed by atoms with van der Waals surface area (Å²) >= 11 is 4.52. The molecule has 0 saturated carbocycles. The van der Waals surface area contributed by atoms with E-state index >= 15 is 0 Å². The summed E-state index contributed by atoms with van der Waals surface area (Å²) in [6.45, 7) is 3.80. The number of aliphatic hydroxyl groups excluding tert-OH is 1. The van der Waals surface area contributed by atoms with Crippen LogP contribution in [-0.2, 0) is 16.1 Å². The number of amides is 1. The summed E-state index contributed by atoms with van der Waals surface area (Å²) in [5.74, 6) is -0.829. The Morgan fingerprint density at radius 3 is 2.54 bits per heavy atom. The van der Waals surface area contributed by atoms with E-state index in [0.29, 0.717) is 37.6 Å². The first kappa shape index (κ1) is 29.6. The molecule has 0 atom stereocenters. The molecule has 4 rings (SSSR count). The third-order valence-corrected chi connectivity index (χ3v) is 7.67. The SMILES string of the molecule is CCOC(=O)C1=C(O)/C(=C/c2cc(OC)c(OCc3ccccc3C#N)cc2Br)SC1=NC(=O)c1ccc(C)cc1. The molecule has 1 aliphatic heterocycles. The molecule has 1 aliphatic rings. The van der Waals surface area contributed by atoms with E-state index < -0.39 is 11.9 Å². The fourth-order valence-corrected chi connectivity index (χ4v) is 5.27. The maximum absolute atomic E-state index is 12.9. The highest BCUT2D eigenvalue weighted by atomic mass is 79.9. The Labute approximate surface area is 250 Å². The van der Waals surface area contributed by atoms with E-state index in [1.165, 1.54) is 7.11 Å². The molecule has 0 unspecified atom stereocenters. The van der Waals surface area contributed by atoms with Gasteiger partial charge in [-0.05, 0) is 55.8 Å². The van der Waals surface area contributed by atoms with Crippen molar-refractivity contribution in [3.8, 4) is 17.6 Å². The van der Waals surface area contributed by atoms with Gasteiger partial charge in [0.25, 0.3) is 5.91 Å². The second-order valence-electron chi connectivity index (χ2n) is 8.73. The quantitative estimate of drug-likeness (QED) is 0.266. The van der Waals surface area contributed by atoms with Crippen molar-refractivity contribution in [3.05, 3.63) is 109 Å². The van der Waals surface area contributed by atoms with Gasteiger partial charge in [-0.2, -0.15) is 5.26 Å². The number of methoxy groups -OCH3 is 1. The van der Waals surface area contributed by atoms with E-state index in [0.717, 1.165) is 22.9 Å². The molecule has 0 spiro atoms. The molecule has 1 amide bonds. The summed E-state index contributed by atoms with van der Waals surface area (Å²) in [6.07, 6.45) is 1.64. The molecule has 0 radical (unpaired) electrons. The summed E-state index contributed by atoms with van der Waals surface area (Å²) in [5.41, 5.74) is 3.02. The van der Waals surface area contributed by atoms with Gasteiger partial charge in [0.05, 0.1) is 30.3 Å². The number of aliphatic hydroxyl groups is 1. The fraction of sp³-hybridized carbons (Fsp3) is 0.161. The zero-order valence-electron chi connectivity index (χ0n) is 22.4. The predicted molar refractivity (Wildman–Crippen MR) is 161 cm³/mol. The number of ether oxygens (including phenoxy) is 3. The van der Waals surface area contributed by atoms with Crippen molar-refractivity contribution in [1.82, 2.24) is 0 Å².